The molecule has 1 heteroatoms. The average Bonchev–Trinajstić information content (AvgIpc) is 2.43. The maximum atomic E-state index is 10.9. The number of rotatable bonds is 8. The summed E-state index contributed by atoms with van der Waals surface area (Å²) in [7, 11) is 0. The van der Waals surface area contributed by atoms with Gasteiger partial charge >= 0.3 is 0 Å². The lowest BCUT2D eigenvalue weighted by molar-refractivity contribution is 0.0927. The first-order valence-electron chi connectivity index (χ1n) is 7.60. The van der Waals surface area contributed by atoms with Crippen LogP contribution in [-0.4, -0.2) is 5.11 Å². The molecule has 0 aromatic heterocycles. The molecular weight excluding hydrogens is 232 g/mol. The van der Waals surface area contributed by atoms with Gasteiger partial charge in [-0.05, 0) is 37.3 Å². The number of allylic oxidation sites excluding steroid dienone is 1. The molecule has 0 aliphatic heterocycles. The molecule has 0 aliphatic rings. The van der Waals surface area contributed by atoms with Gasteiger partial charge in [-0.3, -0.25) is 0 Å². The Kier molecular flexibility index (Phi) is 6.86. The van der Waals surface area contributed by atoms with Crippen LogP contribution in [0.3, 0.4) is 0 Å². The third kappa shape index (κ3) is 4.83. The van der Waals surface area contributed by atoms with Crippen LogP contribution >= 0.6 is 0 Å². The zero-order valence-electron chi connectivity index (χ0n) is 12.7. The second kappa shape index (κ2) is 8.16. The first-order chi connectivity index (χ1) is 9.12. The van der Waals surface area contributed by atoms with Crippen LogP contribution in [0, 0.1) is 0 Å². The summed E-state index contributed by atoms with van der Waals surface area (Å²) in [5.41, 5.74) is 1.34. The molecule has 1 nitrogen and oxygen atoms in total. The van der Waals surface area contributed by atoms with Crippen LogP contribution < -0.4 is 0 Å². The molecule has 0 radical (unpaired) electrons. The quantitative estimate of drug-likeness (QED) is 0.503. The fourth-order valence-electron chi connectivity index (χ4n) is 2.34. The lowest BCUT2D eigenvalue weighted by Crippen LogP contribution is -2.24. The van der Waals surface area contributed by atoms with Gasteiger partial charge in [0.25, 0.3) is 0 Å². The highest BCUT2D eigenvalue weighted by Crippen LogP contribution is 2.32. The van der Waals surface area contributed by atoms with Crippen LogP contribution in [0.15, 0.2) is 42.0 Å². The molecule has 1 unspecified atom stereocenters. The molecule has 0 fully saturated rings. The zero-order chi connectivity index (χ0) is 14.1. The van der Waals surface area contributed by atoms with E-state index in [9.17, 15) is 5.11 Å². The highest BCUT2D eigenvalue weighted by Gasteiger charge is 2.26. The molecule has 0 bridgehead atoms. The Labute approximate surface area is 118 Å². The standard InChI is InChI=1S/C18H28O/c1-4-6-9-13-16(12-7-5-2)18(3,19)17-14-10-8-11-15-17/h8,10-11,13-15,19H,4-7,9,12H2,1-3H3/b16-13+. The van der Waals surface area contributed by atoms with Crippen molar-refractivity contribution in [3.63, 3.8) is 0 Å². The Morgan fingerprint density at radius 3 is 2.32 bits per heavy atom. The smallest absolute Gasteiger partial charge is 0.108 e. The normalized spacial score (nSPS) is 15.3. The predicted octanol–water partition coefficient (Wildman–Crippen LogP) is 5.20. The van der Waals surface area contributed by atoms with Crippen molar-refractivity contribution in [2.45, 2.75) is 64.9 Å². The Balaban J connectivity index is 2.91. The van der Waals surface area contributed by atoms with E-state index >= 15 is 0 Å². The summed E-state index contributed by atoms with van der Waals surface area (Å²) in [4.78, 5) is 0. The van der Waals surface area contributed by atoms with E-state index in [4.69, 9.17) is 0 Å². The predicted molar refractivity (Wildman–Crippen MR) is 83.1 cm³/mol. The Bertz CT molecular complexity index is 376. The van der Waals surface area contributed by atoms with Gasteiger partial charge in [0.15, 0.2) is 0 Å². The average molecular weight is 260 g/mol. The maximum Gasteiger partial charge on any atom is 0.108 e. The van der Waals surface area contributed by atoms with Crippen LogP contribution in [-0.2, 0) is 5.60 Å². The van der Waals surface area contributed by atoms with Crippen LogP contribution in [0.5, 0.6) is 0 Å². The van der Waals surface area contributed by atoms with E-state index < -0.39 is 5.60 Å². The van der Waals surface area contributed by atoms with Crippen molar-refractivity contribution >= 4 is 0 Å². The summed E-state index contributed by atoms with van der Waals surface area (Å²) < 4.78 is 0. The van der Waals surface area contributed by atoms with Gasteiger partial charge in [-0.2, -0.15) is 0 Å². The van der Waals surface area contributed by atoms with Crippen LogP contribution in [0.4, 0.5) is 0 Å². The van der Waals surface area contributed by atoms with E-state index in [0.29, 0.717) is 0 Å². The molecule has 0 heterocycles. The van der Waals surface area contributed by atoms with Crippen molar-refractivity contribution in [2.75, 3.05) is 0 Å². The summed E-state index contributed by atoms with van der Waals surface area (Å²) in [5.74, 6) is 0. The van der Waals surface area contributed by atoms with Gasteiger partial charge in [0, 0.05) is 0 Å². The van der Waals surface area contributed by atoms with E-state index in [2.05, 4.69) is 19.9 Å². The number of unbranched alkanes of at least 4 members (excludes halogenated alkanes) is 3. The summed E-state index contributed by atoms with van der Waals surface area (Å²) >= 11 is 0. The van der Waals surface area contributed by atoms with Gasteiger partial charge in [0.2, 0.25) is 0 Å². The van der Waals surface area contributed by atoms with E-state index in [1.165, 1.54) is 18.4 Å². The van der Waals surface area contributed by atoms with Crippen molar-refractivity contribution in [1.29, 1.82) is 0 Å². The largest absolute Gasteiger partial charge is 0.381 e. The van der Waals surface area contributed by atoms with E-state index in [-0.39, 0.29) is 0 Å². The number of aliphatic hydroxyl groups is 1. The molecule has 19 heavy (non-hydrogen) atoms. The Morgan fingerprint density at radius 1 is 1.11 bits per heavy atom. The fraction of sp³-hybridized carbons (Fsp3) is 0.556. The lowest BCUT2D eigenvalue weighted by atomic mass is 9.84. The molecule has 0 aliphatic carbocycles. The van der Waals surface area contributed by atoms with Crippen LogP contribution in [0.25, 0.3) is 0 Å². The summed E-state index contributed by atoms with van der Waals surface area (Å²) in [6.07, 6.45) is 9.01. The molecule has 1 atom stereocenters. The SMILES string of the molecule is CCCC/C=C(\CCCC)C(C)(O)c1ccccc1. The van der Waals surface area contributed by atoms with Gasteiger partial charge in [-0.1, -0.05) is 69.5 Å². The first kappa shape index (κ1) is 16.0. The van der Waals surface area contributed by atoms with Crippen molar-refractivity contribution < 1.29 is 5.11 Å². The van der Waals surface area contributed by atoms with Crippen molar-refractivity contribution in [1.82, 2.24) is 0 Å². The first-order valence-corrected chi connectivity index (χ1v) is 7.60. The molecule has 1 rings (SSSR count). The van der Waals surface area contributed by atoms with Crippen molar-refractivity contribution in [3.05, 3.63) is 47.5 Å². The van der Waals surface area contributed by atoms with Crippen molar-refractivity contribution in [2.24, 2.45) is 0 Å². The Hall–Kier alpha value is -1.08. The lowest BCUT2D eigenvalue weighted by Gasteiger charge is -2.28. The van der Waals surface area contributed by atoms with Gasteiger partial charge in [-0.25, -0.2) is 0 Å². The molecule has 1 aromatic carbocycles. The number of hydrogen-bond donors (Lipinski definition) is 1. The highest BCUT2D eigenvalue weighted by atomic mass is 16.3. The maximum absolute atomic E-state index is 10.9. The minimum atomic E-state index is -0.829. The monoisotopic (exact) mass is 260 g/mol. The minimum Gasteiger partial charge on any atom is -0.381 e. The molecule has 106 valence electrons. The van der Waals surface area contributed by atoms with E-state index in [1.807, 2.05) is 37.3 Å². The molecular formula is C18H28O. The third-order valence-corrected chi connectivity index (χ3v) is 3.71. The zero-order valence-corrected chi connectivity index (χ0v) is 12.7. The molecule has 0 saturated carbocycles. The summed E-state index contributed by atoms with van der Waals surface area (Å²) in [6.45, 7) is 6.32. The van der Waals surface area contributed by atoms with Gasteiger partial charge in [-0.15, -0.1) is 0 Å². The van der Waals surface area contributed by atoms with Crippen molar-refractivity contribution in [3.8, 4) is 0 Å². The third-order valence-electron chi connectivity index (χ3n) is 3.71. The van der Waals surface area contributed by atoms with E-state index in [1.54, 1.807) is 0 Å². The second-order valence-electron chi connectivity index (χ2n) is 5.41. The summed E-state index contributed by atoms with van der Waals surface area (Å²) in [6, 6.07) is 10.0. The van der Waals surface area contributed by atoms with Crippen LogP contribution in [0.1, 0.15) is 64.9 Å². The van der Waals surface area contributed by atoms with Gasteiger partial charge in [0.05, 0.1) is 0 Å². The fourth-order valence-corrected chi connectivity index (χ4v) is 2.34. The van der Waals surface area contributed by atoms with Crippen LogP contribution in [0.2, 0.25) is 0 Å². The molecule has 0 amide bonds. The number of hydrogen-bond acceptors (Lipinski definition) is 1. The second-order valence-corrected chi connectivity index (χ2v) is 5.41. The highest BCUT2D eigenvalue weighted by molar-refractivity contribution is 5.31. The molecule has 1 aromatic rings. The molecule has 0 spiro atoms. The molecule has 0 saturated heterocycles. The summed E-state index contributed by atoms with van der Waals surface area (Å²) in [5, 5.41) is 10.9. The minimum absolute atomic E-state index is 0.829. The van der Waals surface area contributed by atoms with Gasteiger partial charge < -0.3 is 5.11 Å². The Morgan fingerprint density at radius 2 is 1.74 bits per heavy atom. The van der Waals surface area contributed by atoms with E-state index in [0.717, 1.165) is 31.2 Å². The topological polar surface area (TPSA) is 20.2 Å². The molecule has 1 N–H and O–H groups in total. The van der Waals surface area contributed by atoms with Gasteiger partial charge in [0.1, 0.15) is 5.60 Å². The number of benzene rings is 1.